The Kier molecular flexibility index (Phi) is 8.44. The first kappa shape index (κ1) is 22.0. The van der Waals surface area contributed by atoms with Crippen LogP contribution in [0.15, 0.2) is 39.1 Å². The van der Waals surface area contributed by atoms with Crippen LogP contribution in [0, 0.1) is 5.92 Å². The second-order valence-corrected chi connectivity index (χ2v) is 10.6. The molecular weight excluding hydrogens is 448 g/mol. The van der Waals surface area contributed by atoms with Crippen molar-refractivity contribution < 1.29 is 13.2 Å². The van der Waals surface area contributed by atoms with Gasteiger partial charge in [-0.15, -0.1) is 11.3 Å². The predicted molar refractivity (Wildman–Crippen MR) is 114 cm³/mol. The summed E-state index contributed by atoms with van der Waals surface area (Å²) in [5.74, 6) is 1.34. The summed E-state index contributed by atoms with van der Waals surface area (Å²) < 4.78 is 23.9. The highest BCUT2D eigenvalue weighted by Gasteiger charge is 2.20. The zero-order valence-electron chi connectivity index (χ0n) is 15.5. The number of nitrogens with zero attached hydrogens (tertiary/aromatic N) is 1. The van der Waals surface area contributed by atoms with E-state index in [4.69, 9.17) is 0 Å². The molecule has 0 saturated heterocycles. The lowest BCUT2D eigenvalue weighted by molar-refractivity contribution is -0.105. The number of hydrogen-bond acceptors (Lipinski definition) is 5. The molecule has 2 aromatic rings. The van der Waals surface area contributed by atoms with E-state index in [9.17, 15) is 13.2 Å². The number of amides is 1. The van der Waals surface area contributed by atoms with Gasteiger partial charge in [0.25, 0.3) is 0 Å². The summed E-state index contributed by atoms with van der Waals surface area (Å²) in [7, 11) is -3.15. The van der Waals surface area contributed by atoms with Gasteiger partial charge in [-0.05, 0) is 51.9 Å². The highest BCUT2D eigenvalue weighted by atomic mass is 79.9. The van der Waals surface area contributed by atoms with Crippen molar-refractivity contribution in [3.8, 4) is 0 Å². The Hall–Kier alpha value is -1.25. The third-order valence-corrected chi connectivity index (χ3v) is 7.48. The summed E-state index contributed by atoms with van der Waals surface area (Å²) in [4.78, 5) is 13.9. The van der Waals surface area contributed by atoms with Crippen LogP contribution in [0.2, 0.25) is 0 Å². The minimum absolute atomic E-state index is 0.379. The minimum Gasteiger partial charge on any atom is -0.305 e. The monoisotopic (exact) mass is 472 g/mol. The molecule has 0 aliphatic heterocycles. The molecule has 148 valence electrons. The van der Waals surface area contributed by atoms with E-state index < -0.39 is 9.84 Å². The number of thiazole rings is 1. The number of carbonyl (C=O) groups is 1. The number of sulfone groups is 1. The molecule has 1 fully saturated rings. The Morgan fingerprint density at radius 3 is 2.59 bits per heavy atom. The summed E-state index contributed by atoms with van der Waals surface area (Å²) in [6.07, 6.45) is 10.1. The van der Waals surface area contributed by atoms with Crippen LogP contribution < -0.4 is 5.32 Å². The molecule has 27 heavy (non-hydrogen) atoms. The molecule has 1 atom stereocenters. The number of rotatable bonds is 6. The van der Waals surface area contributed by atoms with Crippen LogP contribution in [-0.2, 0) is 14.6 Å². The van der Waals surface area contributed by atoms with Gasteiger partial charge < -0.3 is 5.32 Å². The van der Waals surface area contributed by atoms with Gasteiger partial charge in [0.15, 0.2) is 15.0 Å². The molecule has 8 heteroatoms. The molecule has 3 rings (SSSR count). The van der Waals surface area contributed by atoms with E-state index in [0.717, 1.165) is 5.92 Å². The molecule has 0 bridgehead atoms. The number of anilines is 1. The van der Waals surface area contributed by atoms with Crippen molar-refractivity contribution >= 4 is 48.6 Å². The van der Waals surface area contributed by atoms with Crippen LogP contribution in [-0.4, -0.2) is 26.1 Å². The van der Waals surface area contributed by atoms with Crippen molar-refractivity contribution in [3.63, 3.8) is 0 Å². The number of halogens is 1. The van der Waals surface area contributed by atoms with Gasteiger partial charge in [0.05, 0.1) is 4.90 Å². The van der Waals surface area contributed by atoms with Gasteiger partial charge in [-0.3, -0.25) is 4.79 Å². The second-order valence-electron chi connectivity index (χ2n) is 6.85. The average Bonchev–Trinajstić information content (AvgIpc) is 3.28. The van der Waals surface area contributed by atoms with Crippen molar-refractivity contribution in [2.75, 3.05) is 11.6 Å². The topological polar surface area (TPSA) is 76.1 Å². The first-order valence-corrected chi connectivity index (χ1v) is 12.5. The Morgan fingerprint density at radius 2 is 2.07 bits per heavy atom. The second kappa shape index (κ2) is 10.3. The molecule has 1 aliphatic rings. The minimum atomic E-state index is -3.15. The van der Waals surface area contributed by atoms with Gasteiger partial charge in [0.2, 0.25) is 6.41 Å². The van der Waals surface area contributed by atoms with Crippen molar-refractivity contribution in [3.05, 3.63) is 39.8 Å². The maximum absolute atomic E-state index is 11.6. The first-order valence-electron chi connectivity index (χ1n) is 8.90. The lowest BCUT2D eigenvalue weighted by atomic mass is 9.89. The quantitative estimate of drug-likeness (QED) is 0.582. The van der Waals surface area contributed by atoms with E-state index in [1.54, 1.807) is 17.6 Å². The lowest BCUT2D eigenvalue weighted by Gasteiger charge is -2.17. The molecule has 1 N–H and O–H groups in total. The van der Waals surface area contributed by atoms with Crippen LogP contribution in [0.1, 0.15) is 50.5 Å². The van der Waals surface area contributed by atoms with E-state index in [2.05, 4.69) is 33.2 Å². The van der Waals surface area contributed by atoms with Gasteiger partial charge in [0.1, 0.15) is 0 Å². The van der Waals surface area contributed by atoms with Crippen molar-refractivity contribution in [2.45, 2.75) is 49.8 Å². The highest BCUT2D eigenvalue weighted by molar-refractivity contribution is 9.10. The zero-order valence-corrected chi connectivity index (χ0v) is 18.7. The number of benzene rings is 1. The first-order chi connectivity index (χ1) is 12.8. The molecular formula is C19H25BrN2O3S2. The third-order valence-electron chi connectivity index (χ3n) is 4.70. The van der Waals surface area contributed by atoms with E-state index in [0.29, 0.717) is 26.8 Å². The fourth-order valence-electron chi connectivity index (χ4n) is 3.35. The summed E-state index contributed by atoms with van der Waals surface area (Å²) in [5, 5.41) is 4.85. The fourth-order valence-corrected chi connectivity index (χ4v) is 5.85. The standard InChI is InChI=1S/C15H21BrO2S.C4H4N2OS/c1-11(9-12-5-3-4-6-12)13-7-8-15(14(16)10-13)19(2,17)18;7-3-6-4-5-1-2-8-4/h7-8,10-12H,3-6,9H2,1-2H3;1-3H,(H,5,6,7). The third kappa shape index (κ3) is 7.01. The van der Waals surface area contributed by atoms with Gasteiger partial charge in [-0.2, -0.15) is 0 Å². The maximum Gasteiger partial charge on any atom is 0.213 e. The van der Waals surface area contributed by atoms with Gasteiger partial charge in [0, 0.05) is 22.3 Å². The Labute approximate surface area is 173 Å². The normalized spacial score (nSPS) is 15.7. The number of hydrogen-bond donors (Lipinski definition) is 1. The highest BCUT2D eigenvalue weighted by Crippen LogP contribution is 2.35. The zero-order chi connectivity index (χ0) is 19.9. The van der Waals surface area contributed by atoms with E-state index in [1.165, 1.54) is 55.3 Å². The molecule has 0 spiro atoms. The maximum atomic E-state index is 11.6. The van der Waals surface area contributed by atoms with Crippen LogP contribution in [0.3, 0.4) is 0 Å². The predicted octanol–water partition coefficient (Wildman–Crippen LogP) is 5.25. The average molecular weight is 473 g/mol. The van der Waals surface area contributed by atoms with Crippen LogP contribution in [0.25, 0.3) is 0 Å². The fraction of sp³-hybridized carbons (Fsp3) is 0.474. The van der Waals surface area contributed by atoms with Crippen LogP contribution >= 0.6 is 27.3 Å². The molecule has 1 unspecified atom stereocenters. The van der Waals surface area contributed by atoms with Crippen molar-refractivity contribution in [1.29, 1.82) is 0 Å². The Balaban J connectivity index is 0.000000273. The molecule has 1 saturated carbocycles. The molecule has 1 amide bonds. The summed E-state index contributed by atoms with van der Waals surface area (Å²) in [6.45, 7) is 2.24. The molecule has 1 aromatic heterocycles. The largest absolute Gasteiger partial charge is 0.305 e. The Bertz CT molecular complexity index is 833. The van der Waals surface area contributed by atoms with Crippen LogP contribution in [0.5, 0.6) is 0 Å². The van der Waals surface area contributed by atoms with Gasteiger partial charge in [-0.25, -0.2) is 13.4 Å². The molecule has 1 aliphatic carbocycles. The Morgan fingerprint density at radius 1 is 1.37 bits per heavy atom. The van der Waals surface area contributed by atoms with Crippen molar-refractivity contribution in [2.24, 2.45) is 5.92 Å². The van der Waals surface area contributed by atoms with Crippen molar-refractivity contribution in [1.82, 2.24) is 4.98 Å². The van der Waals surface area contributed by atoms with E-state index >= 15 is 0 Å². The lowest BCUT2D eigenvalue weighted by Crippen LogP contribution is -2.04. The smallest absolute Gasteiger partial charge is 0.213 e. The van der Waals surface area contributed by atoms with E-state index in [1.807, 2.05) is 12.1 Å². The van der Waals surface area contributed by atoms with Gasteiger partial charge >= 0.3 is 0 Å². The molecule has 0 radical (unpaired) electrons. The summed E-state index contributed by atoms with van der Waals surface area (Å²) >= 11 is 4.78. The van der Waals surface area contributed by atoms with E-state index in [-0.39, 0.29) is 0 Å². The number of aromatic nitrogens is 1. The molecule has 1 aromatic carbocycles. The SMILES string of the molecule is CC(CC1CCCC1)c1ccc(S(C)(=O)=O)c(Br)c1.O=CNc1nccs1. The summed E-state index contributed by atoms with van der Waals surface area (Å²) in [6, 6.07) is 5.65. The summed E-state index contributed by atoms with van der Waals surface area (Å²) in [5.41, 5.74) is 1.23. The van der Waals surface area contributed by atoms with Gasteiger partial charge in [-0.1, -0.05) is 38.7 Å². The molecule has 5 nitrogen and oxygen atoms in total. The molecule has 1 heterocycles. The van der Waals surface area contributed by atoms with Crippen LogP contribution in [0.4, 0.5) is 5.13 Å². The number of nitrogens with one attached hydrogen (secondary N) is 1. The number of carbonyl (C=O) groups excluding carboxylic acids is 1.